The Hall–Kier alpha value is -2.21. The predicted molar refractivity (Wildman–Crippen MR) is 80.3 cm³/mol. The predicted octanol–water partition coefficient (Wildman–Crippen LogP) is 2.83. The number of benzene rings is 2. The third-order valence-corrected chi connectivity index (χ3v) is 3.57. The number of carbonyl (C=O) groups is 1. The van der Waals surface area contributed by atoms with Gasteiger partial charge in [0.1, 0.15) is 19.2 Å². The molecular formula is C14H11BrN4O. The van der Waals surface area contributed by atoms with Gasteiger partial charge in [0, 0.05) is 10.2 Å². The van der Waals surface area contributed by atoms with E-state index in [4.69, 9.17) is 0 Å². The van der Waals surface area contributed by atoms with E-state index >= 15 is 0 Å². The number of amides is 1. The van der Waals surface area contributed by atoms with Gasteiger partial charge in [-0.3, -0.25) is 4.79 Å². The SMILES string of the molecule is O=C(Cn1cncn1)Nc1ccc2c(Br)cccc2c1. The van der Waals surface area contributed by atoms with Crippen LogP contribution in [-0.4, -0.2) is 20.7 Å². The lowest BCUT2D eigenvalue weighted by molar-refractivity contribution is -0.116. The maximum Gasteiger partial charge on any atom is 0.246 e. The van der Waals surface area contributed by atoms with E-state index in [1.807, 2.05) is 36.4 Å². The molecule has 20 heavy (non-hydrogen) atoms. The van der Waals surface area contributed by atoms with Crippen molar-refractivity contribution in [3.8, 4) is 0 Å². The summed E-state index contributed by atoms with van der Waals surface area (Å²) >= 11 is 3.51. The van der Waals surface area contributed by atoms with Crippen LogP contribution in [0.2, 0.25) is 0 Å². The van der Waals surface area contributed by atoms with Gasteiger partial charge in [-0.05, 0) is 29.0 Å². The molecule has 1 amide bonds. The summed E-state index contributed by atoms with van der Waals surface area (Å²) in [6.45, 7) is 0.149. The zero-order chi connectivity index (χ0) is 13.9. The second kappa shape index (κ2) is 5.42. The van der Waals surface area contributed by atoms with Gasteiger partial charge >= 0.3 is 0 Å². The molecule has 2 aromatic carbocycles. The van der Waals surface area contributed by atoms with E-state index in [0.29, 0.717) is 0 Å². The van der Waals surface area contributed by atoms with Crippen molar-refractivity contribution in [3.63, 3.8) is 0 Å². The number of nitrogens with one attached hydrogen (secondary N) is 1. The van der Waals surface area contributed by atoms with Crippen LogP contribution in [-0.2, 0) is 11.3 Å². The molecular weight excluding hydrogens is 320 g/mol. The number of aromatic nitrogens is 3. The second-order valence-electron chi connectivity index (χ2n) is 4.32. The lowest BCUT2D eigenvalue weighted by Gasteiger charge is -2.07. The average molecular weight is 331 g/mol. The Kier molecular flexibility index (Phi) is 3.47. The molecule has 0 saturated carbocycles. The maximum absolute atomic E-state index is 11.9. The van der Waals surface area contributed by atoms with E-state index in [-0.39, 0.29) is 12.5 Å². The number of fused-ring (bicyclic) bond motifs is 1. The molecule has 0 saturated heterocycles. The van der Waals surface area contributed by atoms with E-state index in [9.17, 15) is 4.79 Å². The van der Waals surface area contributed by atoms with Crippen LogP contribution in [0.3, 0.4) is 0 Å². The molecule has 100 valence electrons. The molecule has 6 heteroatoms. The van der Waals surface area contributed by atoms with E-state index in [1.54, 1.807) is 0 Å². The van der Waals surface area contributed by atoms with Gasteiger partial charge in [-0.15, -0.1) is 0 Å². The molecule has 1 aromatic heterocycles. The van der Waals surface area contributed by atoms with Crippen LogP contribution >= 0.6 is 15.9 Å². The first-order valence-electron chi connectivity index (χ1n) is 6.03. The minimum absolute atomic E-state index is 0.134. The summed E-state index contributed by atoms with van der Waals surface area (Å²) in [5.74, 6) is -0.134. The summed E-state index contributed by atoms with van der Waals surface area (Å²) in [7, 11) is 0. The summed E-state index contributed by atoms with van der Waals surface area (Å²) in [5.41, 5.74) is 0.765. The number of carbonyl (C=O) groups excluding carboxylic acids is 1. The number of anilines is 1. The fraction of sp³-hybridized carbons (Fsp3) is 0.0714. The summed E-state index contributed by atoms with van der Waals surface area (Å²) in [5, 5.41) is 8.93. The highest BCUT2D eigenvalue weighted by Crippen LogP contribution is 2.26. The molecule has 3 rings (SSSR count). The van der Waals surface area contributed by atoms with Crippen molar-refractivity contribution in [2.24, 2.45) is 0 Å². The Morgan fingerprint density at radius 3 is 3.00 bits per heavy atom. The third kappa shape index (κ3) is 2.70. The zero-order valence-corrected chi connectivity index (χ0v) is 12.0. The van der Waals surface area contributed by atoms with Gasteiger partial charge in [-0.25, -0.2) is 9.67 Å². The summed E-state index contributed by atoms with van der Waals surface area (Å²) in [6, 6.07) is 11.8. The lowest BCUT2D eigenvalue weighted by atomic mass is 10.1. The van der Waals surface area contributed by atoms with Gasteiger partial charge in [0.2, 0.25) is 5.91 Å². The lowest BCUT2D eigenvalue weighted by Crippen LogP contribution is -2.18. The molecule has 0 aliphatic carbocycles. The average Bonchev–Trinajstić information content (AvgIpc) is 2.91. The Bertz CT molecular complexity index is 755. The quantitative estimate of drug-likeness (QED) is 0.803. The van der Waals surface area contributed by atoms with Gasteiger partial charge in [0.25, 0.3) is 0 Å². The number of nitrogens with zero attached hydrogens (tertiary/aromatic N) is 3. The first-order chi connectivity index (χ1) is 9.72. The largest absolute Gasteiger partial charge is 0.324 e. The molecule has 0 radical (unpaired) electrons. The summed E-state index contributed by atoms with van der Waals surface area (Å²) < 4.78 is 2.52. The minimum Gasteiger partial charge on any atom is -0.324 e. The van der Waals surface area contributed by atoms with Crippen molar-refractivity contribution < 1.29 is 4.79 Å². The standard InChI is InChI=1S/C14H11BrN4O/c15-13-3-1-2-10-6-11(4-5-12(10)13)18-14(20)7-19-9-16-8-17-19/h1-6,8-9H,7H2,(H,18,20). The Balaban J connectivity index is 1.79. The molecule has 0 unspecified atom stereocenters. The van der Waals surface area contributed by atoms with Gasteiger partial charge in [0.05, 0.1) is 0 Å². The fourth-order valence-corrected chi connectivity index (χ4v) is 2.50. The number of hydrogen-bond acceptors (Lipinski definition) is 3. The van der Waals surface area contributed by atoms with Crippen molar-refractivity contribution in [3.05, 3.63) is 53.5 Å². The summed E-state index contributed by atoms with van der Waals surface area (Å²) in [4.78, 5) is 15.7. The van der Waals surface area contributed by atoms with Crippen LogP contribution in [0.5, 0.6) is 0 Å². The minimum atomic E-state index is -0.134. The van der Waals surface area contributed by atoms with Crippen molar-refractivity contribution in [2.75, 3.05) is 5.32 Å². The van der Waals surface area contributed by atoms with Gasteiger partial charge in [0.15, 0.2) is 0 Å². The van der Waals surface area contributed by atoms with Crippen LogP contribution in [0.1, 0.15) is 0 Å². The molecule has 0 aliphatic heterocycles. The summed E-state index contributed by atoms with van der Waals surface area (Å²) in [6.07, 6.45) is 2.91. The van der Waals surface area contributed by atoms with Crippen molar-refractivity contribution in [1.82, 2.24) is 14.8 Å². The number of hydrogen-bond donors (Lipinski definition) is 1. The molecule has 3 aromatic rings. The van der Waals surface area contributed by atoms with E-state index in [0.717, 1.165) is 20.9 Å². The monoisotopic (exact) mass is 330 g/mol. The Labute approximate surface area is 123 Å². The molecule has 0 spiro atoms. The second-order valence-corrected chi connectivity index (χ2v) is 5.17. The number of rotatable bonds is 3. The highest BCUT2D eigenvalue weighted by Gasteiger charge is 2.05. The van der Waals surface area contributed by atoms with E-state index < -0.39 is 0 Å². The molecule has 0 bridgehead atoms. The van der Waals surface area contributed by atoms with E-state index in [2.05, 4.69) is 31.3 Å². The van der Waals surface area contributed by atoms with Crippen LogP contribution in [0.15, 0.2) is 53.5 Å². The molecule has 1 N–H and O–H groups in total. The van der Waals surface area contributed by atoms with Crippen LogP contribution in [0.25, 0.3) is 10.8 Å². The van der Waals surface area contributed by atoms with Crippen LogP contribution in [0.4, 0.5) is 5.69 Å². The molecule has 5 nitrogen and oxygen atoms in total. The molecule has 0 fully saturated rings. The van der Waals surface area contributed by atoms with Gasteiger partial charge in [-0.1, -0.05) is 34.1 Å². The van der Waals surface area contributed by atoms with Crippen LogP contribution < -0.4 is 5.32 Å². The smallest absolute Gasteiger partial charge is 0.246 e. The molecule has 0 aliphatic rings. The highest BCUT2D eigenvalue weighted by molar-refractivity contribution is 9.10. The first kappa shape index (κ1) is 12.8. The van der Waals surface area contributed by atoms with E-state index in [1.165, 1.54) is 17.3 Å². The third-order valence-electron chi connectivity index (χ3n) is 2.88. The van der Waals surface area contributed by atoms with Gasteiger partial charge < -0.3 is 5.32 Å². The fourth-order valence-electron chi connectivity index (χ4n) is 1.98. The van der Waals surface area contributed by atoms with Crippen molar-refractivity contribution in [2.45, 2.75) is 6.54 Å². The maximum atomic E-state index is 11.9. The zero-order valence-electron chi connectivity index (χ0n) is 10.5. The van der Waals surface area contributed by atoms with Gasteiger partial charge in [-0.2, -0.15) is 5.10 Å². The molecule has 1 heterocycles. The molecule has 0 atom stereocenters. The Morgan fingerprint density at radius 1 is 1.30 bits per heavy atom. The van der Waals surface area contributed by atoms with Crippen LogP contribution in [0, 0.1) is 0 Å². The topological polar surface area (TPSA) is 59.8 Å². The Morgan fingerprint density at radius 2 is 2.20 bits per heavy atom. The normalized spacial score (nSPS) is 10.7. The van der Waals surface area contributed by atoms with Crippen molar-refractivity contribution in [1.29, 1.82) is 0 Å². The highest BCUT2D eigenvalue weighted by atomic mass is 79.9. The number of halogens is 1. The van der Waals surface area contributed by atoms with Crippen molar-refractivity contribution >= 4 is 38.3 Å². The first-order valence-corrected chi connectivity index (χ1v) is 6.82.